The van der Waals surface area contributed by atoms with Crippen molar-refractivity contribution in [2.75, 3.05) is 20.1 Å². The van der Waals surface area contributed by atoms with Crippen molar-refractivity contribution in [2.24, 2.45) is 5.73 Å². The summed E-state index contributed by atoms with van der Waals surface area (Å²) in [5.74, 6) is 0. The lowest BCUT2D eigenvalue weighted by Gasteiger charge is -2.55. The van der Waals surface area contributed by atoms with Crippen molar-refractivity contribution in [3.8, 4) is 0 Å². The van der Waals surface area contributed by atoms with Crippen LogP contribution in [0.5, 0.6) is 0 Å². The molecular formula is C14H21N3. The van der Waals surface area contributed by atoms with Gasteiger partial charge in [-0.05, 0) is 24.6 Å². The fourth-order valence-electron chi connectivity index (χ4n) is 3.05. The molecule has 4 rings (SSSR count). The molecule has 3 heterocycles. The second kappa shape index (κ2) is 4.41. The molecule has 2 bridgehead atoms. The second-order valence-electron chi connectivity index (χ2n) is 5.42. The van der Waals surface area contributed by atoms with Gasteiger partial charge in [0.25, 0.3) is 0 Å². The molecule has 2 atom stereocenters. The van der Waals surface area contributed by atoms with E-state index in [4.69, 9.17) is 5.73 Å². The van der Waals surface area contributed by atoms with Gasteiger partial charge in [0.05, 0.1) is 0 Å². The summed E-state index contributed by atoms with van der Waals surface area (Å²) in [6.45, 7) is 4.18. The minimum atomic E-state index is 0.638. The molecule has 0 aromatic heterocycles. The molecule has 0 radical (unpaired) electrons. The number of nitrogens with two attached hydrogens (primary N) is 1. The molecule has 3 saturated heterocycles. The third kappa shape index (κ3) is 2.10. The number of hydrogen-bond donors (Lipinski definition) is 1. The van der Waals surface area contributed by atoms with E-state index in [0.29, 0.717) is 6.54 Å². The molecule has 1 aromatic carbocycles. The highest BCUT2D eigenvalue weighted by Crippen LogP contribution is 2.30. The highest BCUT2D eigenvalue weighted by molar-refractivity contribution is 5.22. The minimum Gasteiger partial charge on any atom is -0.326 e. The summed E-state index contributed by atoms with van der Waals surface area (Å²) in [4.78, 5) is 5.10. The van der Waals surface area contributed by atoms with Crippen LogP contribution in [0.3, 0.4) is 0 Å². The Morgan fingerprint density at radius 2 is 1.71 bits per heavy atom. The Labute approximate surface area is 103 Å². The number of piperidine rings is 1. The number of hydrogen-bond acceptors (Lipinski definition) is 3. The molecule has 3 aliphatic rings. The van der Waals surface area contributed by atoms with E-state index in [9.17, 15) is 0 Å². The van der Waals surface area contributed by atoms with Crippen molar-refractivity contribution < 1.29 is 0 Å². The molecule has 3 fully saturated rings. The zero-order valence-corrected chi connectivity index (χ0v) is 10.5. The SMILES string of the molecule is CN1C2CC1CN(Cc1ccc(CN)cc1)C2. The first-order valence-corrected chi connectivity index (χ1v) is 6.48. The first-order valence-electron chi connectivity index (χ1n) is 6.48. The van der Waals surface area contributed by atoms with Gasteiger partial charge in [0.2, 0.25) is 0 Å². The molecule has 0 saturated carbocycles. The summed E-state index contributed by atoms with van der Waals surface area (Å²) in [7, 11) is 2.26. The lowest BCUT2D eigenvalue weighted by molar-refractivity contribution is -0.0532. The summed E-state index contributed by atoms with van der Waals surface area (Å²) >= 11 is 0. The van der Waals surface area contributed by atoms with Gasteiger partial charge >= 0.3 is 0 Å². The van der Waals surface area contributed by atoms with Gasteiger partial charge in [0.15, 0.2) is 0 Å². The van der Waals surface area contributed by atoms with Crippen LogP contribution < -0.4 is 5.73 Å². The van der Waals surface area contributed by atoms with Crippen molar-refractivity contribution >= 4 is 0 Å². The molecular weight excluding hydrogens is 210 g/mol. The molecule has 0 spiro atoms. The van der Waals surface area contributed by atoms with Crippen LogP contribution in [-0.4, -0.2) is 42.0 Å². The van der Waals surface area contributed by atoms with Crippen molar-refractivity contribution in [3.05, 3.63) is 35.4 Å². The van der Waals surface area contributed by atoms with Gasteiger partial charge in [-0.3, -0.25) is 9.80 Å². The Bertz CT molecular complexity index is 375. The van der Waals surface area contributed by atoms with Crippen LogP contribution in [0.2, 0.25) is 0 Å². The lowest BCUT2D eigenvalue weighted by atomic mass is 9.88. The maximum absolute atomic E-state index is 5.61. The quantitative estimate of drug-likeness (QED) is 0.843. The van der Waals surface area contributed by atoms with Gasteiger partial charge < -0.3 is 5.73 Å². The summed E-state index contributed by atoms with van der Waals surface area (Å²) in [5, 5.41) is 0. The molecule has 3 nitrogen and oxygen atoms in total. The number of benzene rings is 1. The predicted molar refractivity (Wildman–Crippen MR) is 69.6 cm³/mol. The van der Waals surface area contributed by atoms with Crippen LogP contribution in [0.4, 0.5) is 0 Å². The van der Waals surface area contributed by atoms with Crippen LogP contribution in [0.25, 0.3) is 0 Å². The molecule has 1 aromatic rings. The molecule has 2 unspecified atom stereocenters. The smallest absolute Gasteiger partial charge is 0.0239 e. The number of nitrogens with zero attached hydrogens (tertiary/aromatic N) is 2. The highest BCUT2D eigenvalue weighted by atomic mass is 15.3. The summed E-state index contributed by atoms with van der Waals surface area (Å²) < 4.78 is 0. The highest BCUT2D eigenvalue weighted by Gasteiger charge is 2.41. The Hall–Kier alpha value is -0.900. The average Bonchev–Trinajstić information content (AvgIpc) is 2.39. The minimum absolute atomic E-state index is 0.638. The summed E-state index contributed by atoms with van der Waals surface area (Å²) in [6.07, 6.45) is 1.40. The Kier molecular flexibility index (Phi) is 2.90. The molecule has 2 N–H and O–H groups in total. The number of likely N-dealkylation sites (N-methyl/N-ethyl adjacent to an activating group) is 1. The van der Waals surface area contributed by atoms with Gasteiger partial charge in [0, 0.05) is 38.3 Å². The first kappa shape index (κ1) is 11.2. The molecule has 92 valence electrons. The van der Waals surface area contributed by atoms with Crippen molar-refractivity contribution in [3.63, 3.8) is 0 Å². The number of piperazine rings is 1. The van der Waals surface area contributed by atoms with Crippen molar-refractivity contribution in [1.29, 1.82) is 0 Å². The molecule has 17 heavy (non-hydrogen) atoms. The Morgan fingerprint density at radius 3 is 2.24 bits per heavy atom. The van der Waals surface area contributed by atoms with Gasteiger partial charge in [-0.2, -0.15) is 0 Å². The van der Waals surface area contributed by atoms with Crippen LogP contribution in [-0.2, 0) is 13.1 Å². The van der Waals surface area contributed by atoms with E-state index in [-0.39, 0.29) is 0 Å². The van der Waals surface area contributed by atoms with Crippen LogP contribution in [0.15, 0.2) is 24.3 Å². The molecule has 0 aliphatic carbocycles. The molecule has 3 heteroatoms. The lowest BCUT2D eigenvalue weighted by Crippen LogP contribution is -2.66. The summed E-state index contributed by atoms with van der Waals surface area (Å²) in [5.41, 5.74) is 8.23. The fourth-order valence-corrected chi connectivity index (χ4v) is 3.05. The van der Waals surface area contributed by atoms with Crippen molar-refractivity contribution in [1.82, 2.24) is 9.80 Å². The molecule has 0 amide bonds. The maximum atomic E-state index is 5.61. The van der Waals surface area contributed by atoms with Crippen molar-refractivity contribution in [2.45, 2.75) is 31.6 Å². The third-order valence-electron chi connectivity index (χ3n) is 4.30. The van der Waals surface area contributed by atoms with Gasteiger partial charge in [-0.1, -0.05) is 24.3 Å². The van der Waals surface area contributed by atoms with Gasteiger partial charge in [-0.15, -0.1) is 0 Å². The van der Waals surface area contributed by atoms with E-state index in [2.05, 4.69) is 41.1 Å². The monoisotopic (exact) mass is 231 g/mol. The zero-order chi connectivity index (χ0) is 11.8. The maximum Gasteiger partial charge on any atom is 0.0239 e. The average molecular weight is 231 g/mol. The normalized spacial score (nSPS) is 29.1. The standard InChI is InChI=1S/C14H21N3/c1-16-13-6-14(16)10-17(9-13)8-12-4-2-11(7-15)3-5-12/h2-5,13-14H,6-10,15H2,1H3. The van der Waals surface area contributed by atoms with Gasteiger partial charge in [-0.25, -0.2) is 0 Å². The zero-order valence-electron chi connectivity index (χ0n) is 10.5. The van der Waals surface area contributed by atoms with Crippen LogP contribution in [0.1, 0.15) is 17.5 Å². The Morgan fingerprint density at radius 1 is 1.12 bits per heavy atom. The second-order valence-corrected chi connectivity index (χ2v) is 5.42. The third-order valence-corrected chi connectivity index (χ3v) is 4.30. The first-order chi connectivity index (χ1) is 8.26. The number of fused-ring (bicyclic) bond motifs is 2. The van der Waals surface area contributed by atoms with E-state index >= 15 is 0 Å². The topological polar surface area (TPSA) is 32.5 Å². The fraction of sp³-hybridized carbons (Fsp3) is 0.571. The molecule has 3 aliphatic heterocycles. The van der Waals surface area contributed by atoms with Crippen LogP contribution >= 0.6 is 0 Å². The Balaban J connectivity index is 1.60. The van der Waals surface area contributed by atoms with E-state index < -0.39 is 0 Å². The van der Waals surface area contributed by atoms with Crippen LogP contribution in [0, 0.1) is 0 Å². The predicted octanol–water partition coefficient (Wildman–Crippen LogP) is 1.03. The van der Waals surface area contributed by atoms with E-state index in [1.807, 2.05) is 0 Å². The van der Waals surface area contributed by atoms with E-state index in [0.717, 1.165) is 18.6 Å². The van der Waals surface area contributed by atoms with E-state index in [1.54, 1.807) is 0 Å². The van der Waals surface area contributed by atoms with E-state index in [1.165, 1.54) is 30.6 Å². The van der Waals surface area contributed by atoms with Gasteiger partial charge in [0.1, 0.15) is 0 Å². The summed E-state index contributed by atoms with van der Waals surface area (Å²) in [6, 6.07) is 10.3. The largest absolute Gasteiger partial charge is 0.326 e. The number of rotatable bonds is 3.